The molecule has 0 radical (unpaired) electrons. The maximum Gasteiger partial charge on any atom is 0.308 e. The fourth-order valence-electron chi connectivity index (χ4n) is 2.45. The quantitative estimate of drug-likeness (QED) is 0.768. The van der Waals surface area contributed by atoms with Crippen LogP contribution in [0.4, 0.5) is 5.69 Å². The van der Waals surface area contributed by atoms with E-state index in [9.17, 15) is 14.4 Å². The van der Waals surface area contributed by atoms with E-state index in [1.807, 2.05) is 0 Å². The molecule has 1 amide bonds. The lowest BCUT2D eigenvalue weighted by molar-refractivity contribution is -0.136. The van der Waals surface area contributed by atoms with Crippen LogP contribution < -0.4 is 15.6 Å². The van der Waals surface area contributed by atoms with E-state index >= 15 is 0 Å². The van der Waals surface area contributed by atoms with Gasteiger partial charge in [-0.25, -0.2) is 4.98 Å². The largest absolute Gasteiger partial charge is 0.482 e. The van der Waals surface area contributed by atoms with E-state index in [0.29, 0.717) is 23.0 Å². The van der Waals surface area contributed by atoms with Gasteiger partial charge in [-0.1, -0.05) is 12.1 Å². The molecule has 0 saturated carbocycles. The number of H-pyrrole nitrogens is 1. The van der Waals surface area contributed by atoms with Crippen molar-refractivity contribution in [1.82, 2.24) is 9.97 Å². The molecule has 8 nitrogen and oxygen atoms in total. The first-order valence-electron chi connectivity index (χ1n) is 7.49. The Morgan fingerprint density at radius 1 is 1.36 bits per heavy atom. The SMILES string of the molecule is Cc1nc(/C=C/c2ccc3c(c2)NC(=O)CO3)[nH]c(=O)c1CC(=O)O. The van der Waals surface area contributed by atoms with Crippen molar-refractivity contribution in [3.63, 3.8) is 0 Å². The topological polar surface area (TPSA) is 121 Å². The molecule has 0 aliphatic carbocycles. The van der Waals surface area contributed by atoms with Crippen molar-refractivity contribution < 1.29 is 19.4 Å². The van der Waals surface area contributed by atoms with Crippen molar-refractivity contribution in [1.29, 1.82) is 0 Å². The Hall–Kier alpha value is -3.42. The number of ether oxygens (including phenoxy) is 1. The smallest absolute Gasteiger partial charge is 0.308 e. The Kier molecular flexibility index (Phi) is 4.34. The summed E-state index contributed by atoms with van der Waals surface area (Å²) in [6.45, 7) is 1.59. The average molecular weight is 341 g/mol. The first-order valence-corrected chi connectivity index (χ1v) is 7.49. The van der Waals surface area contributed by atoms with Crippen LogP contribution in [0.5, 0.6) is 5.75 Å². The van der Waals surface area contributed by atoms with Crippen molar-refractivity contribution in [2.75, 3.05) is 11.9 Å². The second-order valence-corrected chi connectivity index (χ2v) is 5.51. The molecule has 1 aliphatic heterocycles. The predicted octanol–water partition coefficient (Wildman–Crippen LogP) is 1.21. The molecule has 0 fully saturated rings. The van der Waals surface area contributed by atoms with Crippen molar-refractivity contribution in [2.45, 2.75) is 13.3 Å². The molecule has 0 saturated heterocycles. The van der Waals surface area contributed by atoms with Crippen LogP contribution in [0.15, 0.2) is 23.0 Å². The summed E-state index contributed by atoms with van der Waals surface area (Å²) in [5, 5.41) is 11.5. The van der Waals surface area contributed by atoms with E-state index in [1.165, 1.54) is 0 Å². The van der Waals surface area contributed by atoms with Gasteiger partial charge in [0.05, 0.1) is 12.1 Å². The summed E-state index contributed by atoms with van der Waals surface area (Å²) in [6.07, 6.45) is 2.95. The Labute approximate surface area is 142 Å². The molecule has 0 spiro atoms. The highest BCUT2D eigenvalue weighted by molar-refractivity contribution is 5.95. The van der Waals surface area contributed by atoms with Crippen LogP contribution in [-0.2, 0) is 16.0 Å². The third kappa shape index (κ3) is 3.74. The van der Waals surface area contributed by atoms with E-state index in [1.54, 1.807) is 37.3 Å². The second-order valence-electron chi connectivity index (χ2n) is 5.51. The highest BCUT2D eigenvalue weighted by atomic mass is 16.5. The average Bonchev–Trinajstić information content (AvgIpc) is 2.55. The monoisotopic (exact) mass is 341 g/mol. The van der Waals surface area contributed by atoms with Gasteiger partial charge < -0.3 is 20.1 Å². The molecule has 25 heavy (non-hydrogen) atoms. The van der Waals surface area contributed by atoms with Gasteiger partial charge in [-0.2, -0.15) is 0 Å². The third-order valence-electron chi connectivity index (χ3n) is 3.64. The molecule has 2 aromatic rings. The Balaban J connectivity index is 1.85. The van der Waals surface area contributed by atoms with Crippen LogP contribution in [0.25, 0.3) is 12.2 Å². The fraction of sp³-hybridized carbons (Fsp3) is 0.176. The van der Waals surface area contributed by atoms with Gasteiger partial charge in [-0.15, -0.1) is 0 Å². The number of hydrogen-bond donors (Lipinski definition) is 3. The van der Waals surface area contributed by atoms with Crippen LogP contribution in [0.2, 0.25) is 0 Å². The normalized spacial score (nSPS) is 13.2. The minimum atomic E-state index is -1.09. The number of aromatic nitrogens is 2. The number of amides is 1. The number of nitrogens with one attached hydrogen (secondary N) is 2. The van der Waals surface area contributed by atoms with Crippen molar-refractivity contribution in [3.8, 4) is 5.75 Å². The number of fused-ring (bicyclic) bond motifs is 1. The summed E-state index contributed by atoms with van der Waals surface area (Å²) in [4.78, 5) is 40.9. The Bertz CT molecular complexity index is 946. The van der Waals surface area contributed by atoms with Crippen LogP contribution in [0.1, 0.15) is 22.6 Å². The van der Waals surface area contributed by atoms with Crippen LogP contribution in [0, 0.1) is 6.92 Å². The molecule has 0 atom stereocenters. The number of benzene rings is 1. The molecule has 8 heteroatoms. The Morgan fingerprint density at radius 3 is 2.88 bits per heavy atom. The van der Waals surface area contributed by atoms with Crippen LogP contribution >= 0.6 is 0 Å². The molecular weight excluding hydrogens is 326 g/mol. The highest BCUT2D eigenvalue weighted by Gasteiger charge is 2.15. The standard InChI is InChI=1S/C17H15N3O5/c1-9-11(7-16(22)23)17(24)20-14(18-9)5-3-10-2-4-13-12(6-10)19-15(21)8-25-13/h2-6H,7-8H2,1H3,(H,19,21)(H,22,23)(H,18,20,24)/b5-3+. The molecule has 0 bridgehead atoms. The number of anilines is 1. The molecule has 1 aromatic carbocycles. The minimum Gasteiger partial charge on any atom is -0.482 e. The number of aliphatic carboxylic acids is 1. The van der Waals surface area contributed by atoms with Gasteiger partial charge in [0.25, 0.3) is 11.5 Å². The van der Waals surface area contributed by atoms with Gasteiger partial charge in [-0.05, 0) is 30.7 Å². The zero-order chi connectivity index (χ0) is 18.0. The second kappa shape index (κ2) is 6.60. The molecule has 3 N–H and O–H groups in total. The Morgan fingerprint density at radius 2 is 2.16 bits per heavy atom. The maximum absolute atomic E-state index is 12.0. The van der Waals surface area contributed by atoms with E-state index in [0.717, 1.165) is 5.56 Å². The van der Waals surface area contributed by atoms with E-state index in [-0.39, 0.29) is 24.5 Å². The van der Waals surface area contributed by atoms with Crippen molar-refractivity contribution in [2.24, 2.45) is 0 Å². The number of carboxylic acids is 1. The number of hydrogen-bond acceptors (Lipinski definition) is 5. The lowest BCUT2D eigenvalue weighted by Crippen LogP contribution is -2.25. The molecule has 1 aliphatic rings. The lowest BCUT2D eigenvalue weighted by atomic mass is 10.1. The summed E-state index contributed by atoms with van der Waals surface area (Å²) in [5.41, 5.74) is 1.39. The number of carbonyl (C=O) groups is 2. The molecule has 3 rings (SSSR count). The van der Waals surface area contributed by atoms with Gasteiger partial charge in [0.2, 0.25) is 0 Å². The minimum absolute atomic E-state index is 0.00465. The summed E-state index contributed by atoms with van der Waals surface area (Å²) in [6, 6.07) is 5.29. The number of aromatic amines is 1. The summed E-state index contributed by atoms with van der Waals surface area (Å²) in [5.74, 6) is -0.395. The number of carbonyl (C=O) groups excluding carboxylic acids is 1. The maximum atomic E-state index is 12.0. The first-order chi connectivity index (χ1) is 11.9. The van der Waals surface area contributed by atoms with Gasteiger partial charge in [0.1, 0.15) is 11.6 Å². The molecular formula is C17H15N3O5. The predicted molar refractivity (Wildman–Crippen MR) is 90.4 cm³/mol. The van der Waals surface area contributed by atoms with Crippen molar-refractivity contribution >= 4 is 29.7 Å². The lowest BCUT2D eigenvalue weighted by Gasteiger charge is -2.17. The van der Waals surface area contributed by atoms with E-state index in [2.05, 4.69) is 15.3 Å². The van der Waals surface area contributed by atoms with Gasteiger partial charge >= 0.3 is 5.97 Å². The number of rotatable bonds is 4. The number of carboxylic acid groups (broad SMARTS) is 1. The molecule has 1 aromatic heterocycles. The summed E-state index contributed by atoms with van der Waals surface area (Å²) >= 11 is 0. The number of aryl methyl sites for hydroxylation is 1. The third-order valence-corrected chi connectivity index (χ3v) is 3.64. The van der Waals surface area contributed by atoms with Crippen molar-refractivity contribution in [3.05, 3.63) is 51.2 Å². The van der Waals surface area contributed by atoms with Gasteiger partial charge in [0, 0.05) is 11.3 Å². The first kappa shape index (κ1) is 16.4. The van der Waals surface area contributed by atoms with E-state index in [4.69, 9.17) is 9.84 Å². The van der Waals surface area contributed by atoms with E-state index < -0.39 is 11.5 Å². The van der Waals surface area contributed by atoms with Crippen LogP contribution in [-0.4, -0.2) is 33.6 Å². The molecule has 128 valence electrons. The zero-order valence-electron chi connectivity index (χ0n) is 13.3. The van der Waals surface area contributed by atoms with Crippen LogP contribution in [0.3, 0.4) is 0 Å². The van der Waals surface area contributed by atoms with Gasteiger partial charge in [0.15, 0.2) is 6.61 Å². The molecule has 0 unspecified atom stereocenters. The highest BCUT2D eigenvalue weighted by Crippen LogP contribution is 2.28. The summed E-state index contributed by atoms with van der Waals surface area (Å²) < 4.78 is 5.29. The van der Waals surface area contributed by atoms with Gasteiger partial charge in [-0.3, -0.25) is 14.4 Å². The summed E-state index contributed by atoms with van der Waals surface area (Å²) in [7, 11) is 0. The molecule has 2 heterocycles. The zero-order valence-corrected chi connectivity index (χ0v) is 13.3. The number of nitrogens with zero attached hydrogens (tertiary/aromatic N) is 1. The fourth-order valence-corrected chi connectivity index (χ4v) is 2.45.